The number of benzene rings is 1. The molecule has 0 aliphatic carbocycles. The van der Waals surface area contributed by atoms with Gasteiger partial charge in [0.2, 0.25) is 5.91 Å². The Morgan fingerprint density at radius 3 is 2.29 bits per heavy atom. The summed E-state index contributed by atoms with van der Waals surface area (Å²) < 4.78 is 0. The zero-order valence-electron chi connectivity index (χ0n) is 14.6. The normalized spacial score (nSPS) is 16.1. The van der Waals surface area contributed by atoms with Crippen molar-refractivity contribution < 1.29 is 14.7 Å². The largest absolute Gasteiger partial charge is 0.478 e. The average molecular weight is 333 g/mol. The van der Waals surface area contributed by atoms with Gasteiger partial charge in [-0.25, -0.2) is 4.79 Å². The van der Waals surface area contributed by atoms with Gasteiger partial charge in [-0.3, -0.25) is 14.6 Å². The van der Waals surface area contributed by atoms with Crippen LogP contribution in [-0.2, 0) is 11.3 Å². The van der Waals surface area contributed by atoms with E-state index in [0.717, 1.165) is 51.4 Å². The Balaban J connectivity index is 1.81. The number of piperazine rings is 1. The van der Waals surface area contributed by atoms with Gasteiger partial charge in [-0.1, -0.05) is 12.1 Å². The maximum atomic E-state index is 12.2. The zero-order valence-corrected chi connectivity index (χ0v) is 14.6. The first kappa shape index (κ1) is 18.4. The summed E-state index contributed by atoms with van der Waals surface area (Å²) in [5, 5.41) is 9.06. The highest BCUT2D eigenvalue weighted by Crippen LogP contribution is 2.11. The molecule has 0 saturated carbocycles. The fourth-order valence-corrected chi connectivity index (χ4v) is 3.03. The van der Waals surface area contributed by atoms with Crippen molar-refractivity contribution in [3.8, 4) is 0 Å². The molecule has 0 aromatic heterocycles. The second-order valence-corrected chi connectivity index (χ2v) is 6.12. The van der Waals surface area contributed by atoms with Crippen LogP contribution in [0.15, 0.2) is 24.3 Å². The van der Waals surface area contributed by atoms with Gasteiger partial charge in [0.15, 0.2) is 0 Å². The molecule has 0 radical (unpaired) electrons. The minimum atomic E-state index is -0.892. The molecule has 1 N–H and O–H groups in total. The molecule has 1 saturated heterocycles. The predicted octanol–water partition coefficient (Wildman–Crippen LogP) is 1.37. The van der Waals surface area contributed by atoms with Crippen molar-refractivity contribution in [3.05, 3.63) is 35.4 Å². The average Bonchev–Trinajstić information content (AvgIpc) is 2.58. The molecule has 0 atom stereocenters. The van der Waals surface area contributed by atoms with E-state index >= 15 is 0 Å². The molecule has 24 heavy (non-hydrogen) atoms. The highest BCUT2D eigenvalue weighted by atomic mass is 16.4. The van der Waals surface area contributed by atoms with E-state index in [1.807, 2.05) is 24.8 Å². The van der Waals surface area contributed by atoms with E-state index in [4.69, 9.17) is 5.11 Å². The van der Waals surface area contributed by atoms with Crippen molar-refractivity contribution >= 4 is 11.9 Å². The van der Waals surface area contributed by atoms with Crippen molar-refractivity contribution in [2.24, 2.45) is 0 Å². The molecule has 1 aromatic carbocycles. The van der Waals surface area contributed by atoms with E-state index < -0.39 is 5.97 Å². The molecular formula is C18H27N3O3. The molecule has 1 aliphatic heterocycles. The topological polar surface area (TPSA) is 64.1 Å². The number of carbonyl (C=O) groups excluding carboxylic acids is 1. The first-order valence-corrected chi connectivity index (χ1v) is 8.58. The maximum absolute atomic E-state index is 12.2. The molecule has 1 aliphatic rings. The van der Waals surface area contributed by atoms with E-state index in [2.05, 4.69) is 9.80 Å². The minimum absolute atomic E-state index is 0.197. The molecule has 1 fully saturated rings. The Morgan fingerprint density at radius 2 is 1.71 bits per heavy atom. The molecule has 1 aromatic rings. The lowest BCUT2D eigenvalue weighted by molar-refractivity contribution is -0.132. The monoisotopic (exact) mass is 333 g/mol. The van der Waals surface area contributed by atoms with Gasteiger partial charge in [-0.05, 0) is 31.5 Å². The Labute approximate surface area is 143 Å². The number of carboxylic acids is 1. The van der Waals surface area contributed by atoms with Crippen LogP contribution in [0.25, 0.3) is 0 Å². The number of carboxylic acid groups (broad SMARTS) is 1. The number of aromatic carboxylic acids is 1. The number of nitrogens with zero attached hydrogens (tertiary/aromatic N) is 3. The van der Waals surface area contributed by atoms with E-state index in [-0.39, 0.29) is 5.91 Å². The van der Waals surface area contributed by atoms with E-state index in [1.54, 1.807) is 18.2 Å². The number of hydrogen-bond donors (Lipinski definition) is 1. The molecule has 1 heterocycles. The first-order valence-electron chi connectivity index (χ1n) is 8.58. The van der Waals surface area contributed by atoms with E-state index in [0.29, 0.717) is 12.1 Å². The SMILES string of the molecule is CCN(CC)C(=O)CN1CCN(Cc2cccc(C(=O)O)c2)CC1. The second-order valence-electron chi connectivity index (χ2n) is 6.12. The predicted molar refractivity (Wildman–Crippen MR) is 93.0 cm³/mol. The van der Waals surface area contributed by atoms with Gasteiger partial charge in [-0.2, -0.15) is 0 Å². The van der Waals surface area contributed by atoms with Crippen molar-refractivity contribution in [3.63, 3.8) is 0 Å². The summed E-state index contributed by atoms with van der Waals surface area (Å²) in [6, 6.07) is 7.10. The van der Waals surface area contributed by atoms with Crippen LogP contribution in [0.5, 0.6) is 0 Å². The van der Waals surface area contributed by atoms with Gasteiger partial charge in [0, 0.05) is 45.8 Å². The lowest BCUT2D eigenvalue weighted by Crippen LogP contribution is -2.49. The zero-order chi connectivity index (χ0) is 17.5. The minimum Gasteiger partial charge on any atom is -0.478 e. The second kappa shape index (κ2) is 8.80. The molecule has 1 amide bonds. The number of likely N-dealkylation sites (N-methyl/N-ethyl adjacent to an activating group) is 1. The fraction of sp³-hybridized carbons (Fsp3) is 0.556. The van der Waals surface area contributed by atoms with Crippen LogP contribution >= 0.6 is 0 Å². The number of hydrogen-bond acceptors (Lipinski definition) is 4. The summed E-state index contributed by atoms with van der Waals surface area (Å²) in [7, 11) is 0. The van der Waals surface area contributed by atoms with Crippen LogP contribution in [0.4, 0.5) is 0 Å². The third kappa shape index (κ3) is 5.04. The fourth-order valence-electron chi connectivity index (χ4n) is 3.03. The highest BCUT2D eigenvalue weighted by Gasteiger charge is 2.21. The molecule has 0 bridgehead atoms. The van der Waals surface area contributed by atoms with Crippen LogP contribution in [-0.4, -0.2) is 77.5 Å². The van der Waals surface area contributed by atoms with Crippen LogP contribution in [0, 0.1) is 0 Å². The van der Waals surface area contributed by atoms with Crippen molar-refractivity contribution in [2.45, 2.75) is 20.4 Å². The van der Waals surface area contributed by atoms with E-state index in [9.17, 15) is 9.59 Å². The molecule has 0 spiro atoms. The van der Waals surface area contributed by atoms with Crippen LogP contribution < -0.4 is 0 Å². The van der Waals surface area contributed by atoms with Gasteiger partial charge < -0.3 is 10.0 Å². The molecule has 6 nitrogen and oxygen atoms in total. The van der Waals surface area contributed by atoms with Crippen molar-refractivity contribution in [1.82, 2.24) is 14.7 Å². The van der Waals surface area contributed by atoms with Gasteiger partial charge >= 0.3 is 5.97 Å². The lowest BCUT2D eigenvalue weighted by Gasteiger charge is -2.35. The third-order valence-corrected chi connectivity index (χ3v) is 4.52. The Morgan fingerprint density at radius 1 is 1.08 bits per heavy atom. The van der Waals surface area contributed by atoms with Gasteiger partial charge in [0.25, 0.3) is 0 Å². The summed E-state index contributed by atoms with van der Waals surface area (Å²) >= 11 is 0. The van der Waals surface area contributed by atoms with Crippen LogP contribution in [0.1, 0.15) is 29.8 Å². The Bertz CT molecular complexity index is 564. The number of rotatable bonds is 7. The van der Waals surface area contributed by atoms with Gasteiger partial charge in [0.1, 0.15) is 0 Å². The van der Waals surface area contributed by atoms with Crippen LogP contribution in [0.3, 0.4) is 0 Å². The number of amides is 1. The summed E-state index contributed by atoms with van der Waals surface area (Å²) in [6.45, 7) is 10.3. The van der Waals surface area contributed by atoms with Crippen molar-refractivity contribution in [2.75, 3.05) is 45.8 Å². The van der Waals surface area contributed by atoms with Gasteiger partial charge in [0.05, 0.1) is 12.1 Å². The molecule has 0 unspecified atom stereocenters. The standard InChI is InChI=1S/C18H27N3O3/c1-3-21(4-2)17(22)14-20-10-8-19(9-11-20)13-15-6-5-7-16(12-15)18(23)24/h5-7,12H,3-4,8-11,13-14H2,1-2H3,(H,23,24). The lowest BCUT2D eigenvalue weighted by atomic mass is 10.1. The summed E-state index contributed by atoms with van der Waals surface area (Å²) in [6.07, 6.45) is 0. The smallest absolute Gasteiger partial charge is 0.335 e. The summed E-state index contributed by atoms with van der Waals surface area (Å²) in [5.41, 5.74) is 1.35. The molecular weight excluding hydrogens is 306 g/mol. The van der Waals surface area contributed by atoms with Crippen LogP contribution in [0.2, 0.25) is 0 Å². The third-order valence-electron chi connectivity index (χ3n) is 4.52. The number of carbonyl (C=O) groups is 2. The molecule has 2 rings (SSSR count). The molecule has 132 valence electrons. The highest BCUT2D eigenvalue weighted by molar-refractivity contribution is 5.87. The maximum Gasteiger partial charge on any atom is 0.335 e. The Hall–Kier alpha value is -1.92. The summed E-state index contributed by atoms with van der Waals surface area (Å²) in [4.78, 5) is 29.6. The molecule has 6 heteroatoms. The van der Waals surface area contributed by atoms with Crippen molar-refractivity contribution in [1.29, 1.82) is 0 Å². The van der Waals surface area contributed by atoms with Gasteiger partial charge in [-0.15, -0.1) is 0 Å². The quantitative estimate of drug-likeness (QED) is 0.816. The Kier molecular flexibility index (Phi) is 6.75. The summed E-state index contributed by atoms with van der Waals surface area (Å²) in [5.74, 6) is -0.695. The van der Waals surface area contributed by atoms with E-state index in [1.165, 1.54) is 0 Å². The first-order chi connectivity index (χ1) is 11.5.